The second-order valence-corrected chi connectivity index (χ2v) is 3.59. The monoisotopic (exact) mass is 237 g/mol. The Kier molecular flexibility index (Phi) is 12.7. The van der Waals surface area contributed by atoms with Gasteiger partial charge in [-0.1, -0.05) is 52.8 Å². The van der Waals surface area contributed by atoms with Crippen LogP contribution in [0.3, 0.4) is 0 Å². The van der Waals surface area contributed by atoms with Crippen LogP contribution < -0.4 is 5.32 Å². The molecule has 0 aliphatic carbocycles. The van der Waals surface area contributed by atoms with Crippen molar-refractivity contribution >= 4 is 0 Å². The van der Waals surface area contributed by atoms with Crippen LogP contribution >= 0.6 is 0 Å². The van der Waals surface area contributed by atoms with E-state index in [1.54, 1.807) is 0 Å². The summed E-state index contributed by atoms with van der Waals surface area (Å²) in [5.74, 6) is 0. The second kappa shape index (κ2) is 11.7. The first-order chi connectivity index (χ1) is 8.19. The third kappa shape index (κ3) is 6.48. The highest BCUT2D eigenvalue weighted by Gasteiger charge is 2.06. The van der Waals surface area contributed by atoms with Crippen LogP contribution in [0, 0.1) is 13.8 Å². The predicted octanol–water partition coefficient (Wildman–Crippen LogP) is 5.03. The fourth-order valence-electron chi connectivity index (χ4n) is 1.59. The first-order valence-corrected chi connectivity index (χ1v) is 6.93. The van der Waals surface area contributed by atoms with Crippen LogP contribution in [0.25, 0.3) is 0 Å². The average Bonchev–Trinajstić information content (AvgIpc) is 2.40. The molecule has 0 saturated carbocycles. The summed E-state index contributed by atoms with van der Waals surface area (Å²) in [6, 6.07) is 7.19. The lowest BCUT2D eigenvalue weighted by atomic mass is 10.00. The molecule has 1 aromatic carbocycles. The van der Waals surface area contributed by atoms with Gasteiger partial charge in [0.05, 0.1) is 0 Å². The molecule has 1 unspecified atom stereocenters. The molecule has 0 radical (unpaired) electrons. The molecule has 0 heterocycles. The van der Waals surface area contributed by atoms with E-state index in [0.29, 0.717) is 6.04 Å². The van der Waals surface area contributed by atoms with Gasteiger partial charge in [-0.05, 0) is 44.0 Å². The van der Waals surface area contributed by atoms with E-state index >= 15 is 0 Å². The highest BCUT2D eigenvalue weighted by Crippen LogP contribution is 2.18. The number of hydrogen-bond acceptors (Lipinski definition) is 1. The third-order valence-electron chi connectivity index (χ3n) is 2.69. The molecule has 1 nitrogen and oxygen atoms in total. The molecule has 0 spiro atoms. The molecule has 0 bridgehead atoms. The summed E-state index contributed by atoms with van der Waals surface area (Å²) in [7, 11) is 2.02. The van der Waals surface area contributed by atoms with Gasteiger partial charge in [0, 0.05) is 6.04 Å². The number of nitrogens with one attached hydrogen (secondary N) is 1. The van der Waals surface area contributed by atoms with Gasteiger partial charge in [0.15, 0.2) is 0 Å². The van der Waals surface area contributed by atoms with Gasteiger partial charge in [-0.3, -0.25) is 0 Å². The molecule has 1 N–H and O–H groups in total. The summed E-state index contributed by atoms with van der Waals surface area (Å²) < 4.78 is 0. The largest absolute Gasteiger partial charge is 0.313 e. The van der Waals surface area contributed by atoms with Gasteiger partial charge in [-0.2, -0.15) is 0 Å². The maximum absolute atomic E-state index is 3.31. The first-order valence-electron chi connectivity index (χ1n) is 6.93. The van der Waals surface area contributed by atoms with E-state index in [9.17, 15) is 0 Å². The summed E-state index contributed by atoms with van der Waals surface area (Å²) in [5, 5.41) is 3.31. The molecule has 17 heavy (non-hydrogen) atoms. The van der Waals surface area contributed by atoms with Crippen LogP contribution in [0.2, 0.25) is 0 Å². The quantitative estimate of drug-likeness (QED) is 0.777. The van der Waals surface area contributed by atoms with Crippen molar-refractivity contribution in [2.75, 3.05) is 7.05 Å². The Morgan fingerprint density at radius 2 is 1.53 bits per heavy atom. The van der Waals surface area contributed by atoms with Crippen LogP contribution in [-0.2, 0) is 0 Å². The summed E-state index contributed by atoms with van der Waals surface area (Å²) in [6.45, 7) is 14.5. The molecule has 1 rings (SSSR count). The zero-order valence-electron chi connectivity index (χ0n) is 13.0. The Morgan fingerprint density at radius 1 is 1.00 bits per heavy atom. The molecule has 100 valence electrons. The lowest BCUT2D eigenvalue weighted by Crippen LogP contribution is -2.15. The minimum atomic E-state index is 0.499. The third-order valence-corrected chi connectivity index (χ3v) is 2.69. The lowest BCUT2D eigenvalue weighted by Gasteiger charge is -2.15. The number of hydrogen-bond donors (Lipinski definition) is 1. The highest BCUT2D eigenvalue weighted by molar-refractivity contribution is 5.31. The van der Waals surface area contributed by atoms with Crippen molar-refractivity contribution in [1.29, 1.82) is 0 Å². The number of rotatable bonds is 3. The van der Waals surface area contributed by atoms with Crippen LogP contribution in [-0.4, -0.2) is 7.05 Å². The van der Waals surface area contributed by atoms with E-state index < -0.39 is 0 Å². The van der Waals surface area contributed by atoms with Crippen LogP contribution in [0.15, 0.2) is 18.2 Å². The molecule has 1 atom stereocenters. The molecular formula is C16H31N. The van der Waals surface area contributed by atoms with Gasteiger partial charge < -0.3 is 5.32 Å². The summed E-state index contributed by atoms with van der Waals surface area (Å²) in [5.41, 5.74) is 4.15. The van der Waals surface area contributed by atoms with E-state index in [1.807, 2.05) is 34.7 Å². The fraction of sp³-hybridized carbons (Fsp3) is 0.625. The molecule has 0 aliphatic heterocycles. The molecule has 0 aliphatic rings. The van der Waals surface area contributed by atoms with Gasteiger partial charge in [0.1, 0.15) is 0 Å². The van der Waals surface area contributed by atoms with Crippen LogP contribution in [0.5, 0.6) is 0 Å². The van der Waals surface area contributed by atoms with E-state index in [4.69, 9.17) is 0 Å². The van der Waals surface area contributed by atoms with Gasteiger partial charge in [0.2, 0.25) is 0 Å². The maximum atomic E-state index is 3.31. The van der Waals surface area contributed by atoms with Crippen molar-refractivity contribution < 1.29 is 0 Å². The molecule has 1 heteroatoms. The van der Waals surface area contributed by atoms with E-state index in [1.165, 1.54) is 16.7 Å². The molecular weight excluding hydrogens is 206 g/mol. The van der Waals surface area contributed by atoms with E-state index in [2.05, 4.69) is 44.3 Å². The standard InChI is InChI=1S/C12H19N.2C2H6/c1-5-12(13-4)11-7-6-9(2)10(3)8-11;2*1-2/h6-8,12-13H,5H2,1-4H3;2*1-2H3. The van der Waals surface area contributed by atoms with Gasteiger partial charge in [-0.15, -0.1) is 0 Å². The van der Waals surface area contributed by atoms with Crippen LogP contribution in [0.1, 0.15) is 63.8 Å². The molecule has 0 amide bonds. The van der Waals surface area contributed by atoms with E-state index in [-0.39, 0.29) is 0 Å². The summed E-state index contributed by atoms with van der Waals surface area (Å²) >= 11 is 0. The molecule has 0 fully saturated rings. The van der Waals surface area contributed by atoms with Gasteiger partial charge >= 0.3 is 0 Å². The summed E-state index contributed by atoms with van der Waals surface area (Å²) in [4.78, 5) is 0. The molecule has 0 aromatic heterocycles. The normalized spacial score (nSPS) is 10.6. The smallest absolute Gasteiger partial charge is 0.0314 e. The first kappa shape index (κ1) is 18.5. The minimum Gasteiger partial charge on any atom is -0.313 e. The number of aryl methyl sites for hydroxylation is 2. The zero-order valence-corrected chi connectivity index (χ0v) is 13.0. The predicted molar refractivity (Wildman–Crippen MR) is 80.7 cm³/mol. The van der Waals surface area contributed by atoms with Crippen molar-refractivity contribution in [3.05, 3.63) is 34.9 Å². The minimum absolute atomic E-state index is 0.499. The number of benzene rings is 1. The topological polar surface area (TPSA) is 12.0 Å². The molecule has 0 saturated heterocycles. The zero-order chi connectivity index (χ0) is 13.8. The van der Waals surface area contributed by atoms with Gasteiger partial charge in [0.25, 0.3) is 0 Å². The Labute approximate surface area is 109 Å². The van der Waals surface area contributed by atoms with Crippen molar-refractivity contribution in [1.82, 2.24) is 5.32 Å². The van der Waals surface area contributed by atoms with Crippen molar-refractivity contribution in [3.63, 3.8) is 0 Å². The average molecular weight is 237 g/mol. The van der Waals surface area contributed by atoms with Crippen molar-refractivity contribution in [2.45, 2.75) is 60.9 Å². The Bertz CT molecular complexity index is 275. The summed E-state index contributed by atoms with van der Waals surface area (Å²) in [6.07, 6.45) is 1.14. The highest BCUT2D eigenvalue weighted by atomic mass is 14.9. The van der Waals surface area contributed by atoms with Crippen molar-refractivity contribution in [2.24, 2.45) is 0 Å². The van der Waals surface area contributed by atoms with Gasteiger partial charge in [-0.25, -0.2) is 0 Å². The lowest BCUT2D eigenvalue weighted by molar-refractivity contribution is 0.576. The van der Waals surface area contributed by atoms with Crippen molar-refractivity contribution in [3.8, 4) is 0 Å². The Balaban J connectivity index is 0. The maximum Gasteiger partial charge on any atom is 0.0314 e. The fourth-order valence-corrected chi connectivity index (χ4v) is 1.59. The Morgan fingerprint density at radius 3 is 1.88 bits per heavy atom. The molecule has 1 aromatic rings. The SMILES string of the molecule is CC.CC.CCC(NC)c1ccc(C)c(C)c1. The second-order valence-electron chi connectivity index (χ2n) is 3.59. The van der Waals surface area contributed by atoms with Crippen LogP contribution in [0.4, 0.5) is 0 Å². The Hall–Kier alpha value is -0.820. The van der Waals surface area contributed by atoms with E-state index in [0.717, 1.165) is 6.42 Å².